The van der Waals surface area contributed by atoms with Crippen molar-refractivity contribution in [1.29, 1.82) is 0 Å². The summed E-state index contributed by atoms with van der Waals surface area (Å²) in [6.45, 7) is 4.30. The lowest BCUT2D eigenvalue weighted by Gasteiger charge is -2.24. The van der Waals surface area contributed by atoms with Crippen LogP contribution in [0.5, 0.6) is 0 Å². The molecule has 0 N–H and O–H groups in total. The summed E-state index contributed by atoms with van der Waals surface area (Å²) in [6, 6.07) is 0. The first-order chi connectivity index (χ1) is 6.13. The van der Waals surface area contributed by atoms with Crippen LogP contribution < -0.4 is 0 Å². The summed E-state index contributed by atoms with van der Waals surface area (Å²) in [5.41, 5.74) is 0. The van der Waals surface area contributed by atoms with Crippen molar-refractivity contribution in [3.05, 3.63) is 23.1 Å². The zero-order chi connectivity index (χ0) is 9.22. The molecule has 0 spiro atoms. The van der Waals surface area contributed by atoms with Crippen LogP contribution in [0.2, 0.25) is 0 Å². The number of hydrogen-bond acceptors (Lipinski definition) is 2. The van der Waals surface area contributed by atoms with E-state index in [4.69, 9.17) is 0 Å². The van der Waals surface area contributed by atoms with E-state index in [1.807, 2.05) is 11.8 Å². The number of allylic oxidation sites excluding steroid dienone is 2. The summed E-state index contributed by atoms with van der Waals surface area (Å²) >= 11 is 1.92. The van der Waals surface area contributed by atoms with Crippen molar-refractivity contribution in [2.24, 2.45) is 5.92 Å². The van der Waals surface area contributed by atoms with Crippen LogP contribution in [-0.2, 0) is 10.8 Å². The monoisotopic (exact) mass is 212 g/mol. The van der Waals surface area contributed by atoms with Crippen LogP contribution in [0.4, 0.5) is 0 Å². The highest BCUT2D eigenvalue weighted by Crippen LogP contribution is 2.56. The number of hydrogen-bond donors (Lipinski definition) is 0. The van der Waals surface area contributed by atoms with Crippen LogP contribution in [0.15, 0.2) is 23.1 Å². The second-order valence-electron chi connectivity index (χ2n) is 4.19. The molecule has 1 saturated heterocycles. The maximum Gasteiger partial charge on any atom is 0.0690 e. The second-order valence-corrected chi connectivity index (χ2v) is 7.63. The van der Waals surface area contributed by atoms with Crippen LogP contribution >= 0.6 is 11.8 Å². The van der Waals surface area contributed by atoms with Gasteiger partial charge in [0.05, 0.1) is 10.00 Å². The van der Waals surface area contributed by atoms with Crippen LogP contribution in [-0.4, -0.2) is 19.5 Å². The topological polar surface area (TPSA) is 17.1 Å². The van der Waals surface area contributed by atoms with Gasteiger partial charge in [-0.05, 0) is 18.8 Å². The van der Waals surface area contributed by atoms with E-state index in [9.17, 15) is 4.21 Å². The van der Waals surface area contributed by atoms with Crippen molar-refractivity contribution in [3.8, 4) is 0 Å². The first kappa shape index (κ1) is 8.30. The van der Waals surface area contributed by atoms with Crippen LogP contribution in [0.25, 0.3) is 0 Å². The summed E-state index contributed by atoms with van der Waals surface area (Å²) in [7, 11) is -0.667. The molecule has 0 amide bonds. The Labute approximate surface area is 85.1 Å². The Bertz CT molecular complexity index is 358. The molecule has 13 heavy (non-hydrogen) atoms. The van der Waals surface area contributed by atoms with Gasteiger partial charge in [-0.1, -0.05) is 18.2 Å². The SMILES string of the molecule is CC1=C[C@@H]2[C@H](S1)[C@@H]1C=C[C@@]2(C)S1=O. The van der Waals surface area contributed by atoms with E-state index >= 15 is 0 Å². The van der Waals surface area contributed by atoms with Gasteiger partial charge >= 0.3 is 0 Å². The molecule has 0 radical (unpaired) electrons. The normalized spacial score (nSPS) is 56.9. The van der Waals surface area contributed by atoms with Gasteiger partial charge in [0.15, 0.2) is 0 Å². The molecular formula is C10H12OS2. The van der Waals surface area contributed by atoms with Crippen LogP contribution in [0.1, 0.15) is 13.8 Å². The summed E-state index contributed by atoms with van der Waals surface area (Å²) < 4.78 is 12.0. The molecule has 0 aromatic rings. The summed E-state index contributed by atoms with van der Waals surface area (Å²) in [6.07, 6.45) is 6.65. The van der Waals surface area contributed by atoms with Gasteiger partial charge in [0.25, 0.3) is 0 Å². The second kappa shape index (κ2) is 2.31. The molecular weight excluding hydrogens is 200 g/mol. The molecule has 3 heteroatoms. The van der Waals surface area contributed by atoms with Gasteiger partial charge < -0.3 is 0 Å². The van der Waals surface area contributed by atoms with Crippen molar-refractivity contribution >= 4 is 22.6 Å². The molecule has 1 unspecified atom stereocenters. The lowest BCUT2D eigenvalue weighted by Crippen LogP contribution is -2.31. The third-order valence-corrected chi connectivity index (χ3v) is 7.13. The molecule has 2 bridgehead atoms. The lowest BCUT2D eigenvalue weighted by atomic mass is 9.85. The summed E-state index contributed by atoms with van der Waals surface area (Å²) in [5.74, 6) is 0.522. The van der Waals surface area contributed by atoms with Crippen molar-refractivity contribution in [3.63, 3.8) is 0 Å². The zero-order valence-corrected chi connectivity index (χ0v) is 9.32. The first-order valence-corrected chi connectivity index (χ1v) is 6.67. The fourth-order valence-electron chi connectivity index (χ4n) is 2.63. The van der Waals surface area contributed by atoms with Crippen molar-refractivity contribution in [2.75, 3.05) is 0 Å². The van der Waals surface area contributed by atoms with Gasteiger partial charge in [0.2, 0.25) is 0 Å². The van der Waals surface area contributed by atoms with Gasteiger partial charge in [0, 0.05) is 22.0 Å². The molecule has 5 atom stereocenters. The molecule has 3 aliphatic heterocycles. The van der Waals surface area contributed by atoms with Gasteiger partial charge in [-0.25, -0.2) is 0 Å². The van der Waals surface area contributed by atoms with Crippen molar-refractivity contribution in [2.45, 2.75) is 29.1 Å². The fourth-order valence-corrected chi connectivity index (χ4v) is 6.49. The van der Waals surface area contributed by atoms with E-state index in [-0.39, 0.29) is 4.75 Å². The van der Waals surface area contributed by atoms with Crippen molar-refractivity contribution < 1.29 is 4.21 Å². The van der Waals surface area contributed by atoms with E-state index in [0.717, 1.165) is 0 Å². The number of thioether (sulfide) groups is 1. The summed E-state index contributed by atoms with van der Waals surface area (Å²) in [5, 5.41) is 0.879. The molecule has 0 aliphatic carbocycles. The third kappa shape index (κ3) is 0.827. The predicted octanol–water partition coefficient (Wildman–Crippen LogP) is 2.08. The van der Waals surface area contributed by atoms with Gasteiger partial charge in [-0.15, -0.1) is 11.8 Å². The standard InChI is InChI=1S/C10H12OS2/c1-6-5-7-9(12-6)8-3-4-10(7,2)13(8)11/h3-5,7-9H,1-2H3/t7-,8+,9+,10-,13?/m1/s1. The molecule has 1 fully saturated rings. The molecule has 0 aromatic heterocycles. The Hall–Kier alpha value is -0.0200. The number of fused-ring (bicyclic) bond motifs is 5. The molecule has 3 heterocycles. The average molecular weight is 212 g/mol. The van der Waals surface area contributed by atoms with E-state index < -0.39 is 10.8 Å². The summed E-state index contributed by atoms with van der Waals surface area (Å²) in [4.78, 5) is 1.41. The molecule has 3 aliphatic rings. The minimum Gasteiger partial charge on any atom is -0.258 e. The third-order valence-electron chi connectivity index (χ3n) is 3.37. The first-order valence-electron chi connectivity index (χ1n) is 4.58. The maximum absolute atomic E-state index is 12.0. The Kier molecular flexibility index (Phi) is 1.48. The highest BCUT2D eigenvalue weighted by atomic mass is 32.2. The molecule has 70 valence electrons. The highest BCUT2D eigenvalue weighted by Gasteiger charge is 2.59. The van der Waals surface area contributed by atoms with Crippen molar-refractivity contribution in [1.82, 2.24) is 0 Å². The van der Waals surface area contributed by atoms with E-state index in [1.54, 1.807) is 0 Å². The zero-order valence-electron chi connectivity index (χ0n) is 7.69. The number of rotatable bonds is 0. The average Bonchev–Trinajstić information content (AvgIpc) is 2.62. The Morgan fingerprint density at radius 2 is 2.38 bits per heavy atom. The van der Waals surface area contributed by atoms with Gasteiger partial charge in [-0.3, -0.25) is 4.21 Å². The largest absolute Gasteiger partial charge is 0.258 e. The van der Waals surface area contributed by atoms with E-state index in [0.29, 0.717) is 16.4 Å². The Balaban J connectivity index is 2.13. The van der Waals surface area contributed by atoms with Crippen LogP contribution in [0, 0.1) is 5.92 Å². The minimum absolute atomic E-state index is 0.0555. The fraction of sp³-hybridized carbons (Fsp3) is 0.600. The van der Waals surface area contributed by atoms with Gasteiger partial charge in [-0.2, -0.15) is 0 Å². The Morgan fingerprint density at radius 3 is 3.08 bits per heavy atom. The minimum atomic E-state index is -0.667. The molecule has 3 rings (SSSR count). The maximum atomic E-state index is 12.0. The molecule has 0 aromatic carbocycles. The molecule has 0 saturated carbocycles. The smallest absolute Gasteiger partial charge is 0.0690 e. The van der Waals surface area contributed by atoms with E-state index in [2.05, 4.69) is 32.1 Å². The molecule has 1 nitrogen and oxygen atoms in total. The highest BCUT2D eigenvalue weighted by molar-refractivity contribution is 8.05. The van der Waals surface area contributed by atoms with Crippen LogP contribution in [0.3, 0.4) is 0 Å². The predicted molar refractivity (Wildman–Crippen MR) is 58.1 cm³/mol. The lowest BCUT2D eigenvalue weighted by molar-refractivity contribution is 0.553. The Morgan fingerprint density at radius 1 is 1.62 bits per heavy atom. The van der Waals surface area contributed by atoms with E-state index in [1.165, 1.54) is 4.91 Å². The van der Waals surface area contributed by atoms with Gasteiger partial charge in [0.1, 0.15) is 0 Å². The quantitative estimate of drug-likeness (QED) is 0.572.